The van der Waals surface area contributed by atoms with E-state index >= 15 is 0 Å². The molecule has 0 atom stereocenters. The minimum Gasteiger partial charge on any atom is -0.508 e. The van der Waals surface area contributed by atoms with Crippen LogP contribution in [-0.2, 0) is 0 Å². The highest BCUT2D eigenvalue weighted by Crippen LogP contribution is 2.21. The second-order valence-corrected chi connectivity index (χ2v) is 2.68. The summed E-state index contributed by atoms with van der Waals surface area (Å²) in [5.41, 5.74) is 1.03. The summed E-state index contributed by atoms with van der Waals surface area (Å²) in [5.74, 6) is 0.0945. The van der Waals surface area contributed by atoms with Crippen LogP contribution in [-0.4, -0.2) is 10.1 Å². The quantitative estimate of drug-likeness (QED) is 0.656. The van der Waals surface area contributed by atoms with E-state index in [9.17, 15) is 5.11 Å². The van der Waals surface area contributed by atoms with Crippen molar-refractivity contribution in [3.05, 3.63) is 36.0 Å². The van der Waals surface area contributed by atoms with Gasteiger partial charge in [-0.25, -0.2) is 0 Å². The third-order valence-corrected chi connectivity index (χ3v) is 1.81. The van der Waals surface area contributed by atoms with Gasteiger partial charge < -0.3 is 5.11 Å². The van der Waals surface area contributed by atoms with Crippen molar-refractivity contribution in [1.29, 1.82) is 5.26 Å². The van der Waals surface area contributed by atoms with Gasteiger partial charge in [0.15, 0.2) is 0 Å². The monoisotopic (exact) mass is 170 g/mol. The minimum atomic E-state index is 0.0945. The van der Waals surface area contributed by atoms with Gasteiger partial charge in [-0.15, -0.1) is 0 Å². The first kappa shape index (κ1) is 7.56. The van der Waals surface area contributed by atoms with Crippen molar-refractivity contribution >= 4 is 10.9 Å². The number of pyridine rings is 1. The molecule has 0 radical (unpaired) electrons. The van der Waals surface area contributed by atoms with Gasteiger partial charge in [0.05, 0.1) is 11.1 Å². The van der Waals surface area contributed by atoms with E-state index in [1.165, 1.54) is 6.07 Å². The fourth-order valence-electron chi connectivity index (χ4n) is 1.26. The van der Waals surface area contributed by atoms with E-state index in [-0.39, 0.29) is 5.75 Å². The highest BCUT2D eigenvalue weighted by atomic mass is 16.3. The molecular weight excluding hydrogens is 164 g/mol. The van der Waals surface area contributed by atoms with E-state index in [4.69, 9.17) is 5.26 Å². The molecule has 2 rings (SSSR count). The Morgan fingerprint density at radius 2 is 2.23 bits per heavy atom. The molecule has 2 aromatic rings. The first-order chi connectivity index (χ1) is 6.31. The standard InChI is InChI=1S/C10H6N2O/c11-6-8-5-9(13)4-7-2-1-3-12-10(7)8/h1-5,13H. The molecule has 0 bridgehead atoms. The number of aromatic hydroxyl groups is 1. The van der Waals surface area contributed by atoms with Gasteiger partial charge in [0.25, 0.3) is 0 Å². The van der Waals surface area contributed by atoms with Crippen LogP contribution < -0.4 is 0 Å². The van der Waals surface area contributed by atoms with Crippen LogP contribution in [0.1, 0.15) is 5.56 Å². The fraction of sp³-hybridized carbons (Fsp3) is 0. The molecule has 1 heterocycles. The molecule has 3 nitrogen and oxygen atoms in total. The second kappa shape index (κ2) is 2.76. The van der Waals surface area contributed by atoms with Gasteiger partial charge in [0, 0.05) is 11.6 Å². The maximum Gasteiger partial charge on any atom is 0.117 e. The molecule has 0 unspecified atom stereocenters. The molecule has 3 heteroatoms. The first-order valence-electron chi connectivity index (χ1n) is 3.79. The number of nitrogens with zero attached hydrogens (tertiary/aromatic N) is 2. The van der Waals surface area contributed by atoms with Crippen LogP contribution in [0.3, 0.4) is 0 Å². The van der Waals surface area contributed by atoms with Crippen molar-refractivity contribution in [1.82, 2.24) is 4.98 Å². The molecule has 0 aliphatic carbocycles. The third kappa shape index (κ3) is 1.18. The highest BCUT2D eigenvalue weighted by molar-refractivity contribution is 5.85. The largest absolute Gasteiger partial charge is 0.508 e. The molecule has 0 saturated heterocycles. The average Bonchev–Trinajstić information content (AvgIpc) is 2.16. The SMILES string of the molecule is N#Cc1cc(O)cc2cccnc12. The Hall–Kier alpha value is -2.08. The van der Waals surface area contributed by atoms with Crippen molar-refractivity contribution in [2.24, 2.45) is 0 Å². The Balaban J connectivity index is 2.91. The van der Waals surface area contributed by atoms with Gasteiger partial charge in [0.2, 0.25) is 0 Å². The number of nitriles is 1. The Bertz CT molecular complexity index is 500. The van der Waals surface area contributed by atoms with Gasteiger partial charge >= 0.3 is 0 Å². The number of phenolic OH excluding ortho intramolecular Hbond substituents is 1. The van der Waals surface area contributed by atoms with Gasteiger partial charge in [-0.1, -0.05) is 6.07 Å². The van der Waals surface area contributed by atoms with E-state index < -0.39 is 0 Å². The lowest BCUT2D eigenvalue weighted by Crippen LogP contribution is -1.82. The van der Waals surface area contributed by atoms with Crippen LogP contribution in [0, 0.1) is 11.3 Å². The zero-order valence-corrected chi connectivity index (χ0v) is 6.73. The molecule has 0 aliphatic rings. The molecule has 13 heavy (non-hydrogen) atoms. The molecule has 1 N–H and O–H groups in total. The third-order valence-electron chi connectivity index (χ3n) is 1.81. The van der Waals surface area contributed by atoms with E-state index in [1.54, 1.807) is 18.3 Å². The van der Waals surface area contributed by atoms with Crippen LogP contribution in [0.2, 0.25) is 0 Å². The summed E-state index contributed by atoms with van der Waals surface area (Å²) in [7, 11) is 0. The van der Waals surface area contributed by atoms with E-state index in [1.807, 2.05) is 12.1 Å². The topological polar surface area (TPSA) is 56.9 Å². The lowest BCUT2D eigenvalue weighted by molar-refractivity contribution is 0.476. The second-order valence-electron chi connectivity index (χ2n) is 2.68. The number of hydrogen-bond donors (Lipinski definition) is 1. The van der Waals surface area contributed by atoms with Crippen LogP contribution in [0.25, 0.3) is 10.9 Å². The Morgan fingerprint density at radius 3 is 3.00 bits per heavy atom. The Morgan fingerprint density at radius 1 is 1.38 bits per heavy atom. The Labute approximate surface area is 74.9 Å². The summed E-state index contributed by atoms with van der Waals surface area (Å²) >= 11 is 0. The number of fused-ring (bicyclic) bond motifs is 1. The first-order valence-corrected chi connectivity index (χ1v) is 3.79. The van der Waals surface area contributed by atoms with E-state index in [0.29, 0.717) is 11.1 Å². The molecule has 0 amide bonds. The number of aromatic nitrogens is 1. The Kier molecular flexibility index (Phi) is 1.60. The maximum absolute atomic E-state index is 9.26. The summed E-state index contributed by atoms with van der Waals surface area (Å²) in [6.07, 6.45) is 1.63. The zero-order valence-electron chi connectivity index (χ0n) is 6.73. The van der Waals surface area contributed by atoms with E-state index in [0.717, 1.165) is 5.39 Å². The zero-order chi connectivity index (χ0) is 9.26. The summed E-state index contributed by atoms with van der Waals surface area (Å²) in [5, 5.41) is 18.8. The van der Waals surface area contributed by atoms with Crippen LogP contribution in [0.5, 0.6) is 5.75 Å². The van der Waals surface area contributed by atoms with Gasteiger partial charge in [-0.3, -0.25) is 4.98 Å². The summed E-state index contributed by atoms with van der Waals surface area (Å²) in [4.78, 5) is 4.06. The number of hydrogen-bond acceptors (Lipinski definition) is 3. The molecule has 0 aliphatic heterocycles. The molecule has 1 aromatic carbocycles. The predicted octanol–water partition coefficient (Wildman–Crippen LogP) is 1.81. The molecule has 0 spiro atoms. The summed E-state index contributed by atoms with van der Waals surface area (Å²) in [6.45, 7) is 0. The average molecular weight is 170 g/mol. The lowest BCUT2D eigenvalue weighted by atomic mass is 10.1. The molecular formula is C10H6N2O. The fourth-order valence-corrected chi connectivity index (χ4v) is 1.26. The number of phenols is 1. The summed E-state index contributed by atoms with van der Waals surface area (Å²) in [6, 6.07) is 8.56. The van der Waals surface area contributed by atoms with Crippen molar-refractivity contribution in [3.63, 3.8) is 0 Å². The van der Waals surface area contributed by atoms with Crippen LogP contribution in [0.15, 0.2) is 30.5 Å². The minimum absolute atomic E-state index is 0.0945. The van der Waals surface area contributed by atoms with Crippen molar-refractivity contribution in [2.75, 3.05) is 0 Å². The van der Waals surface area contributed by atoms with Crippen LogP contribution in [0.4, 0.5) is 0 Å². The molecule has 62 valence electrons. The number of rotatable bonds is 0. The smallest absolute Gasteiger partial charge is 0.117 e. The van der Waals surface area contributed by atoms with Crippen LogP contribution >= 0.6 is 0 Å². The summed E-state index contributed by atoms with van der Waals surface area (Å²) < 4.78 is 0. The van der Waals surface area contributed by atoms with Crippen molar-refractivity contribution in [2.45, 2.75) is 0 Å². The highest BCUT2D eigenvalue weighted by Gasteiger charge is 2.02. The van der Waals surface area contributed by atoms with Crippen molar-refractivity contribution < 1.29 is 5.11 Å². The number of benzene rings is 1. The van der Waals surface area contributed by atoms with Crippen molar-refractivity contribution in [3.8, 4) is 11.8 Å². The predicted molar refractivity (Wildman–Crippen MR) is 48.1 cm³/mol. The lowest BCUT2D eigenvalue weighted by Gasteiger charge is -1.99. The van der Waals surface area contributed by atoms with Gasteiger partial charge in [-0.05, 0) is 18.2 Å². The van der Waals surface area contributed by atoms with Gasteiger partial charge in [-0.2, -0.15) is 5.26 Å². The molecule has 0 saturated carbocycles. The maximum atomic E-state index is 9.26. The molecule has 1 aromatic heterocycles. The molecule has 0 fully saturated rings. The van der Waals surface area contributed by atoms with Gasteiger partial charge in [0.1, 0.15) is 11.8 Å². The van der Waals surface area contributed by atoms with E-state index in [2.05, 4.69) is 4.98 Å². The normalized spacial score (nSPS) is 9.77.